The number of carbonyl (C=O) groups excluding carboxylic acids is 2. The van der Waals surface area contributed by atoms with Crippen molar-refractivity contribution in [3.63, 3.8) is 0 Å². The van der Waals surface area contributed by atoms with Gasteiger partial charge in [0.05, 0.1) is 10.7 Å². The van der Waals surface area contributed by atoms with Crippen LogP contribution in [0.2, 0.25) is 0 Å². The molecule has 0 spiro atoms. The summed E-state index contributed by atoms with van der Waals surface area (Å²) in [5, 5.41) is 4.15. The molecule has 0 unspecified atom stereocenters. The van der Waals surface area contributed by atoms with Crippen LogP contribution in [0.5, 0.6) is 0 Å². The third-order valence-corrected chi connectivity index (χ3v) is 6.02. The minimum atomic E-state index is 0.0962. The largest absolute Gasteiger partial charge is 0.353 e. The second kappa shape index (κ2) is 6.59. The second-order valence-electron chi connectivity index (χ2n) is 6.97. The Hall–Kier alpha value is -1.43. The van der Waals surface area contributed by atoms with Gasteiger partial charge in [0.15, 0.2) is 0 Å². The molecule has 0 aromatic carbocycles. The van der Waals surface area contributed by atoms with Crippen LogP contribution in [0.1, 0.15) is 65.8 Å². The fraction of sp³-hybridized carbons (Fsp3) is 0.706. The molecule has 0 radical (unpaired) electrons. The summed E-state index contributed by atoms with van der Waals surface area (Å²) in [5.74, 6) is 0.904. The van der Waals surface area contributed by atoms with Crippen molar-refractivity contribution in [2.45, 2.75) is 58.4 Å². The zero-order valence-electron chi connectivity index (χ0n) is 14.1. The summed E-state index contributed by atoms with van der Waals surface area (Å²) in [5.41, 5.74) is 0.841. The minimum Gasteiger partial charge on any atom is -0.353 e. The van der Waals surface area contributed by atoms with Gasteiger partial charge in [-0.2, -0.15) is 0 Å². The average molecular weight is 335 g/mol. The molecule has 23 heavy (non-hydrogen) atoms. The first-order chi connectivity index (χ1) is 11.0. The van der Waals surface area contributed by atoms with E-state index in [9.17, 15) is 9.59 Å². The number of likely N-dealkylation sites (tertiary alicyclic amines) is 1. The minimum absolute atomic E-state index is 0.0962. The van der Waals surface area contributed by atoms with Crippen LogP contribution in [0, 0.1) is 12.8 Å². The fourth-order valence-electron chi connectivity index (χ4n) is 2.90. The number of nitrogens with zero attached hydrogens (tertiary/aromatic N) is 2. The number of aromatic nitrogens is 1. The van der Waals surface area contributed by atoms with Crippen molar-refractivity contribution in [1.29, 1.82) is 0 Å². The second-order valence-corrected chi connectivity index (χ2v) is 8.00. The molecule has 1 aliphatic carbocycles. The van der Waals surface area contributed by atoms with Crippen molar-refractivity contribution < 1.29 is 9.59 Å². The van der Waals surface area contributed by atoms with Crippen LogP contribution in [0.3, 0.4) is 0 Å². The highest BCUT2D eigenvalue weighted by Crippen LogP contribution is 2.30. The van der Waals surface area contributed by atoms with Crippen LogP contribution in [-0.4, -0.2) is 40.8 Å². The maximum atomic E-state index is 12.7. The quantitative estimate of drug-likeness (QED) is 0.920. The Labute approximate surface area is 141 Å². The van der Waals surface area contributed by atoms with Gasteiger partial charge in [-0.15, -0.1) is 11.3 Å². The number of amides is 2. The first kappa shape index (κ1) is 16.4. The molecule has 5 nitrogen and oxygen atoms in total. The number of hydrogen-bond donors (Lipinski definition) is 1. The fourth-order valence-corrected chi connectivity index (χ4v) is 3.93. The summed E-state index contributed by atoms with van der Waals surface area (Å²) in [7, 11) is 0. The van der Waals surface area contributed by atoms with E-state index in [0.717, 1.165) is 41.3 Å². The van der Waals surface area contributed by atoms with E-state index in [0.29, 0.717) is 19.0 Å². The van der Waals surface area contributed by atoms with Crippen molar-refractivity contribution >= 4 is 23.2 Å². The smallest absolute Gasteiger partial charge is 0.265 e. The van der Waals surface area contributed by atoms with Crippen molar-refractivity contribution in [2.75, 3.05) is 13.1 Å². The molecule has 0 bridgehead atoms. The Balaban J connectivity index is 1.56. The first-order valence-electron chi connectivity index (χ1n) is 8.52. The molecule has 3 rings (SSSR count). The average Bonchev–Trinajstić information content (AvgIpc) is 3.30. The van der Waals surface area contributed by atoms with Gasteiger partial charge in [-0.3, -0.25) is 9.59 Å². The summed E-state index contributed by atoms with van der Waals surface area (Å²) < 4.78 is 0. The van der Waals surface area contributed by atoms with E-state index in [2.05, 4.69) is 24.1 Å². The highest BCUT2D eigenvalue weighted by atomic mass is 32.1. The van der Waals surface area contributed by atoms with E-state index in [4.69, 9.17) is 0 Å². The molecule has 1 aromatic heterocycles. The van der Waals surface area contributed by atoms with Crippen LogP contribution in [0.15, 0.2) is 0 Å². The molecular formula is C17H25N3O2S. The van der Waals surface area contributed by atoms with Crippen molar-refractivity contribution in [3.8, 4) is 0 Å². The molecule has 1 saturated carbocycles. The summed E-state index contributed by atoms with van der Waals surface area (Å²) in [4.78, 5) is 31.7. The summed E-state index contributed by atoms with van der Waals surface area (Å²) in [6.07, 6.45) is 3.76. The Morgan fingerprint density at radius 3 is 2.39 bits per heavy atom. The summed E-state index contributed by atoms with van der Waals surface area (Å²) >= 11 is 1.52. The predicted octanol–water partition coefficient (Wildman–Crippen LogP) is 2.71. The number of carbonyl (C=O) groups is 2. The third kappa shape index (κ3) is 3.74. The summed E-state index contributed by atoms with van der Waals surface area (Å²) in [6, 6.07) is 0.223. The van der Waals surface area contributed by atoms with Gasteiger partial charge in [0.1, 0.15) is 4.88 Å². The van der Waals surface area contributed by atoms with E-state index < -0.39 is 0 Å². The molecule has 1 aliphatic heterocycles. The first-order valence-corrected chi connectivity index (χ1v) is 9.34. The van der Waals surface area contributed by atoms with Crippen molar-refractivity contribution in [2.24, 2.45) is 5.92 Å². The monoisotopic (exact) mass is 335 g/mol. The Morgan fingerprint density at radius 1 is 1.22 bits per heavy atom. The van der Waals surface area contributed by atoms with E-state index in [1.807, 2.05) is 11.8 Å². The van der Waals surface area contributed by atoms with Crippen LogP contribution < -0.4 is 5.32 Å². The molecule has 1 saturated heterocycles. The maximum Gasteiger partial charge on any atom is 0.265 e. The number of piperidine rings is 1. The Kier molecular flexibility index (Phi) is 4.71. The van der Waals surface area contributed by atoms with E-state index in [1.165, 1.54) is 11.3 Å². The molecule has 2 fully saturated rings. The van der Waals surface area contributed by atoms with Gasteiger partial charge in [-0.05, 0) is 32.6 Å². The number of hydrogen-bond acceptors (Lipinski definition) is 4. The van der Waals surface area contributed by atoms with Crippen LogP contribution >= 0.6 is 11.3 Å². The number of rotatable bonds is 4. The van der Waals surface area contributed by atoms with Gasteiger partial charge in [-0.1, -0.05) is 13.8 Å². The van der Waals surface area contributed by atoms with Gasteiger partial charge in [0, 0.05) is 31.0 Å². The van der Waals surface area contributed by atoms with Crippen LogP contribution in [-0.2, 0) is 4.79 Å². The maximum absolute atomic E-state index is 12.7. The standard InChI is InChI=1S/C17H25N3O2S/c1-10(2)16-18-11(3)14(23-16)17(22)20-8-6-13(7-9-20)19-15(21)12-4-5-12/h10,12-13H,4-9H2,1-3H3,(H,19,21). The van der Waals surface area contributed by atoms with Gasteiger partial charge in [0.2, 0.25) is 5.91 Å². The SMILES string of the molecule is Cc1nc(C(C)C)sc1C(=O)N1CCC(NC(=O)C2CC2)CC1. The molecule has 6 heteroatoms. The lowest BCUT2D eigenvalue weighted by atomic mass is 10.0. The Morgan fingerprint density at radius 2 is 1.87 bits per heavy atom. The Bertz CT molecular complexity index is 599. The number of nitrogens with one attached hydrogen (secondary N) is 1. The number of aryl methyl sites for hydroxylation is 1. The van der Waals surface area contributed by atoms with E-state index in [1.54, 1.807) is 0 Å². The lowest BCUT2D eigenvalue weighted by Crippen LogP contribution is -2.46. The van der Waals surface area contributed by atoms with Crippen LogP contribution in [0.25, 0.3) is 0 Å². The van der Waals surface area contributed by atoms with Gasteiger partial charge < -0.3 is 10.2 Å². The molecule has 1 N–H and O–H groups in total. The zero-order valence-corrected chi connectivity index (χ0v) is 14.9. The van der Waals surface area contributed by atoms with Gasteiger partial charge >= 0.3 is 0 Å². The van der Waals surface area contributed by atoms with Gasteiger partial charge in [-0.25, -0.2) is 4.98 Å². The van der Waals surface area contributed by atoms with Crippen molar-refractivity contribution in [1.82, 2.24) is 15.2 Å². The molecule has 2 amide bonds. The topological polar surface area (TPSA) is 62.3 Å². The van der Waals surface area contributed by atoms with Crippen LogP contribution in [0.4, 0.5) is 0 Å². The molecule has 2 aliphatic rings. The van der Waals surface area contributed by atoms with Crippen molar-refractivity contribution in [3.05, 3.63) is 15.6 Å². The molecule has 0 atom stereocenters. The third-order valence-electron chi connectivity index (χ3n) is 4.58. The lowest BCUT2D eigenvalue weighted by molar-refractivity contribution is -0.123. The van der Waals surface area contributed by atoms with E-state index in [-0.39, 0.29) is 23.8 Å². The van der Waals surface area contributed by atoms with Gasteiger partial charge in [0.25, 0.3) is 5.91 Å². The summed E-state index contributed by atoms with van der Waals surface area (Å²) in [6.45, 7) is 7.53. The highest BCUT2D eigenvalue weighted by molar-refractivity contribution is 7.13. The normalized spacial score (nSPS) is 19.2. The number of thiazole rings is 1. The highest BCUT2D eigenvalue weighted by Gasteiger charge is 2.32. The molecule has 2 heterocycles. The molecule has 1 aromatic rings. The zero-order chi connectivity index (χ0) is 16.6. The molecular weight excluding hydrogens is 310 g/mol. The lowest BCUT2D eigenvalue weighted by Gasteiger charge is -2.32. The molecule has 126 valence electrons. The predicted molar refractivity (Wildman–Crippen MR) is 90.7 cm³/mol. The van der Waals surface area contributed by atoms with E-state index >= 15 is 0 Å².